The maximum absolute atomic E-state index is 13.3. The summed E-state index contributed by atoms with van der Waals surface area (Å²) in [6.07, 6.45) is 2.02. The summed E-state index contributed by atoms with van der Waals surface area (Å²) in [6.45, 7) is 4.65. The molecule has 158 valence electrons. The van der Waals surface area contributed by atoms with Gasteiger partial charge in [0.05, 0.1) is 15.0 Å². The van der Waals surface area contributed by atoms with Gasteiger partial charge in [-0.3, -0.25) is 4.79 Å². The fourth-order valence-electron chi connectivity index (χ4n) is 3.65. The molecule has 8 heteroatoms. The molecule has 0 unspecified atom stereocenters. The Hall–Kier alpha value is -1.18. The number of rotatable bonds is 3. The van der Waals surface area contributed by atoms with Gasteiger partial charge in [-0.15, -0.1) is 11.8 Å². The highest BCUT2D eigenvalue weighted by Crippen LogP contribution is 2.35. The Morgan fingerprint density at radius 1 is 1.00 bits per heavy atom. The molecule has 0 spiro atoms. The lowest BCUT2D eigenvalue weighted by molar-refractivity contribution is -0.114. The molecule has 2 aromatic rings. The maximum Gasteiger partial charge on any atom is 0.264 e. The van der Waals surface area contributed by atoms with Gasteiger partial charge in [-0.25, -0.2) is 0 Å². The van der Waals surface area contributed by atoms with Gasteiger partial charge in [0.2, 0.25) is 0 Å². The van der Waals surface area contributed by atoms with Crippen molar-refractivity contribution in [2.45, 2.75) is 0 Å². The number of halogens is 3. The predicted molar refractivity (Wildman–Crippen MR) is 133 cm³/mol. The molecule has 4 rings (SSSR count). The molecule has 2 saturated heterocycles. The van der Waals surface area contributed by atoms with Crippen LogP contribution in [0.1, 0.15) is 5.56 Å². The van der Waals surface area contributed by atoms with E-state index in [-0.39, 0.29) is 5.91 Å². The minimum Gasteiger partial charge on any atom is -0.368 e. The van der Waals surface area contributed by atoms with Crippen molar-refractivity contribution in [3.63, 3.8) is 0 Å². The predicted octanol–water partition coefficient (Wildman–Crippen LogP) is 5.63. The van der Waals surface area contributed by atoms with Crippen molar-refractivity contribution in [2.24, 2.45) is 0 Å². The van der Waals surface area contributed by atoms with Crippen LogP contribution in [0.4, 0.5) is 11.4 Å². The van der Waals surface area contributed by atoms with Gasteiger partial charge in [-0.1, -0.05) is 45.2 Å². The second-order valence-corrected chi connectivity index (χ2v) is 10.3. The van der Waals surface area contributed by atoms with Gasteiger partial charge >= 0.3 is 0 Å². The molecule has 0 radical (unpaired) electrons. The van der Waals surface area contributed by atoms with Crippen molar-refractivity contribution < 1.29 is 4.79 Å². The molecule has 0 saturated carbocycles. The summed E-state index contributed by atoms with van der Waals surface area (Å²) in [5.74, 6) is 0.829. The second kappa shape index (κ2) is 9.53. The number of likely N-dealkylation sites (N-methyl/N-ethyl adjacent to an activating group) is 1. The average molecular weight is 527 g/mol. The van der Waals surface area contributed by atoms with Gasteiger partial charge in [0.15, 0.2) is 0 Å². The number of carbonyl (C=O) groups excluding carboxylic acids is 1. The third-order valence-electron chi connectivity index (χ3n) is 5.37. The molecule has 1 amide bonds. The molecule has 2 aromatic carbocycles. The standard InChI is InChI=1S/C22H22BrCl2N3OS/c1-26-6-8-27(9-7-26)20-13-16(23)3-2-15(20)12-21-22(29)28(10-11-30-21)17-4-5-18(24)19(25)14-17/h2-5,12-14H,6-11H2,1H3/b21-12+. The minimum atomic E-state index is -0.00288. The fourth-order valence-corrected chi connectivity index (χ4v) is 5.23. The largest absolute Gasteiger partial charge is 0.368 e. The van der Waals surface area contributed by atoms with Crippen molar-refractivity contribution in [3.05, 3.63) is 61.4 Å². The van der Waals surface area contributed by atoms with Crippen LogP contribution in [0.25, 0.3) is 6.08 Å². The summed E-state index contributed by atoms with van der Waals surface area (Å²) < 4.78 is 1.04. The number of piperazine rings is 1. The zero-order valence-corrected chi connectivity index (χ0v) is 20.5. The highest BCUT2D eigenvalue weighted by molar-refractivity contribution is 9.10. The van der Waals surface area contributed by atoms with Crippen LogP contribution in [0.5, 0.6) is 0 Å². The van der Waals surface area contributed by atoms with Crippen molar-refractivity contribution in [1.29, 1.82) is 0 Å². The molecule has 0 aliphatic carbocycles. The van der Waals surface area contributed by atoms with Gasteiger partial charge in [-0.05, 0) is 49.0 Å². The van der Waals surface area contributed by atoms with Crippen LogP contribution in [0, 0.1) is 0 Å². The quantitative estimate of drug-likeness (QED) is 0.484. The molecule has 0 atom stereocenters. The van der Waals surface area contributed by atoms with Crippen LogP contribution >= 0.6 is 50.9 Å². The topological polar surface area (TPSA) is 26.8 Å². The number of thioether (sulfide) groups is 1. The van der Waals surface area contributed by atoms with E-state index in [0.29, 0.717) is 16.6 Å². The van der Waals surface area contributed by atoms with Crippen LogP contribution in [-0.4, -0.2) is 56.3 Å². The van der Waals surface area contributed by atoms with Gasteiger partial charge in [0.1, 0.15) is 0 Å². The summed E-state index contributed by atoms with van der Waals surface area (Å²) in [6, 6.07) is 11.6. The number of benzene rings is 2. The van der Waals surface area contributed by atoms with E-state index in [1.807, 2.05) is 18.2 Å². The van der Waals surface area contributed by atoms with E-state index in [0.717, 1.165) is 58.2 Å². The van der Waals surface area contributed by atoms with Gasteiger partial charge in [0.25, 0.3) is 5.91 Å². The Labute approximate surface area is 199 Å². The van der Waals surface area contributed by atoms with E-state index >= 15 is 0 Å². The Morgan fingerprint density at radius 2 is 1.77 bits per heavy atom. The molecule has 0 bridgehead atoms. The Kier molecular flexibility index (Phi) is 7.00. The molecule has 2 aliphatic heterocycles. The van der Waals surface area contributed by atoms with E-state index in [1.54, 1.807) is 28.8 Å². The van der Waals surface area contributed by atoms with Gasteiger partial charge in [-0.2, -0.15) is 0 Å². The Morgan fingerprint density at radius 3 is 2.50 bits per heavy atom. The van der Waals surface area contributed by atoms with Crippen LogP contribution in [0.2, 0.25) is 10.0 Å². The van der Waals surface area contributed by atoms with E-state index in [4.69, 9.17) is 23.2 Å². The van der Waals surface area contributed by atoms with Crippen LogP contribution in [0.3, 0.4) is 0 Å². The zero-order valence-electron chi connectivity index (χ0n) is 16.6. The first-order chi connectivity index (χ1) is 14.4. The number of hydrogen-bond acceptors (Lipinski definition) is 4. The molecule has 0 N–H and O–H groups in total. The molecule has 4 nitrogen and oxygen atoms in total. The molecular formula is C22H22BrCl2N3OS. The lowest BCUT2D eigenvalue weighted by Gasteiger charge is -2.35. The molecular weight excluding hydrogens is 505 g/mol. The van der Waals surface area contributed by atoms with E-state index < -0.39 is 0 Å². The number of anilines is 2. The molecule has 2 aliphatic rings. The van der Waals surface area contributed by atoms with Crippen molar-refractivity contribution in [1.82, 2.24) is 4.90 Å². The zero-order chi connectivity index (χ0) is 21.3. The summed E-state index contributed by atoms with van der Waals surface area (Å²) in [5, 5.41) is 0.942. The maximum atomic E-state index is 13.3. The summed E-state index contributed by atoms with van der Waals surface area (Å²) in [7, 11) is 2.15. The van der Waals surface area contributed by atoms with E-state index in [2.05, 4.69) is 44.9 Å². The third-order valence-corrected chi connectivity index (χ3v) is 7.59. The highest BCUT2D eigenvalue weighted by atomic mass is 79.9. The molecule has 2 heterocycles. The lowest BCUT2D eigenvalue weighted by Crippen LogP contribution is -2.44. The van der Waals surface area contributed by atoms with Crippen molar-refractivity contribution in [2.75, 3.05) is 55.3 Å². The Balaban J connectivity index is 1.64. The number of nitrogens with zero attached hydrogens (tertiary/aromatic N) is 3. The highest BCUT2D eigenvalue weighted by Gasteiger charge is 2.26. The lowest BCUT2D eigenvalue weighted by atomic mass is 10.1. The van der Waals surface area contributed by atoms with Crippen molar-refractivity contribution in [3.8, 4) is 0 Å². The van der Waals surface area contributed by atoms with Crippen molar-refractivity contribution >= 4 is 74.3 Å². The first-order valence-corrected chi connectivity index (χ1v) is 12.3. The summed E-state index contributed by atoms with van der Waals surface area (Å²) >= 11 is 17.4. The summed E-state index contributed by atoms with van der Waals surface area (Å²) in [5.41, 5.74) is 3.00. The third kappa shape index (κ3) is 4.83. The summed E-state index contributed by atoms with van der Waals surface area (Å²) in [4.78, 5) is 20.5. The number of amides is 1. The number of carbonyl (C=O) groups is 1. The fraction of sp³-hybridized carbons (Fsp3) is 0.318. The van der Waals surface area contributed by atoms with E-state index in [9.17, 15) is 4.79 Å². The monoisotopic (exact) mass is 525 g/mol. The second-order valence-electron chi connectivity index (χ2n) is 7.41. The number of hydrogen-bond donors (Lipinski definition) is 0. The minimum absolute atomic E-state index is 0.00288. The SMILES string of the molecule is CN1CCN(c2cc(Br)ccc2/C=C2/SCCN(c3ccc(Cl)c(Cl)c3)C2=O)CC1. The first-order valence-electron chi connectivity index (χ1n) is 9.77. The Bertz CT molecular complexity index is 992. The van der Waals surface area contributed by atoms with Gasteiger partial charge in [0, 0.05) is 54.3 Å². The average Bonchev–Trinajstić information content (AvgIpc) is 2.73. The van der Waals surface area contributed by atoms with Gasteiger partial charge < -0.3 is 14.7 Å². The molecule has 0 aromatic heterocycles. The molecule has 2 fully saturated rings. The molecule has 30 heavy (non-hydrogen) atoms. The van der Waals surface area contributed by atoms with Crippen LogP contribution < -0.4 is 9.80 Å². The van der Waals surface area contributed by atoms with Crippen LogP contribution in [-0.2, 0) is 4.79 Å². The normalized spacial score (nSPS) is 19.6. The smallest absolute Gasteiger partial charge is 0.264 e. The van der Waals surface area contributed by atoms with Crippen LogP contribution in [0.15, 0.2) is 45.8 Å². The first kappa shape index (κ1) is 22.0. The van der Waals surface area contributed by atoms with E-state index in [1.165, 1.54) is 0 Å².